The summed E-state index contributed by atoms with van der Waals surface area (Å²) >= 11 is 11.7. The van der Waals surface area contributed by atoms with E-state index in [0.717, 1.165) is 25.7 Å². The molecule has 0 radical (unpaired) electrons. The number of rotatable bonds is 5. The van der Waals surface area contributed by atoms with E-state index in [9.17, 15) is 19.2 Å². The SMILES string of the molecule is O=C(NCc1ccc(/C=N/NC(=O)C(=O)N2CCCCCC2)o1)C(=O)Nc1ccc(Cl)c(Cl)c1. The summed E-state index contributed by atoms with van der Waals surface area (Å²) in [5.41, 5.74) is 2.51. The lowest BCUT2D eigenvalue weighted by atomic mass is 10.2. The smallest absolute Gasteiger partial charge is 0.329 e. The van der Waals surface area contributed by atoms with Crippen LogP contribution in [-0.2, 0) is 25.7 Å². The molecule has 1 saturated heterocycles. The average molecular weight is 508 g/mol. The summed E-state index contributed by atoms with van der Waals surface area (Å²) in [6, 6.07) is 7.56. The second-order valence-electron chi connectivity index (χ2n) is 7.48. The van der Waals surface area contributed by atoms with Crippen molar-refractivity contribution < 1.29 is 23.6 Å². The Labute approximate surface area is 205 Å². The third kappa shape index (κ3) is 7.32. The molecule has 34 heavy (non-hydrogen) atoms. The standard InChI is InChI=1S/C22H23Cl2N5O5/c23-17-8-5-14(11-18(17)24)27-20(31)19(30)25-12-15-6-7-16(34-15)13-26-28-21(32)22(33)29-9-3-1-2-4-10-29/h5-8,11,13H,1-4,9-10,12H2,(H,25,30)(H,27,31)(H,28,32)/b26-13+. The van der Waals surface area contributed by atoms with Gasteiger partial charge in [-0.25, -0.2) is 5.43 Å². The molecule has 1 aliphatic rings. The molecule has 0 atom stereocenters. The van der Waals surface area contributed by atoms with Gasteiger partial charge in [0.2, 0.25) is 0 Å². The maximum Gasteiger partial charge on any atom is 0.329 e. The molecular weight excluding hydrogens is 485 g/mol. The molecule has 0 saturated carbocycles. The lowest BCUT2D eigenvalue weighted by Crippen LogP contribution is -2.41. The van der Waals surface area contributed by atoms with Crippen LogP contribution in [0.25, 0.3) is 0 Å². The monoisotopic (exact) mass is 507 g/mol. The number of halogens is 2. The quantitative estimate of drug-likeness (QED) is 0.325. The lowest BCUT2D eigenvalue weighted by molar-refractivity contribution is -0.145. The van der Waals surface area contributed by atoms with Gasteiger partial charge in [-0.1, -0.05) is 36.0 Å². The molecule has 0 bridgehead atoms. The van der Waals surface area contributed by atoms with E-state index in [4.69, 9.17) is 27.6 Å². The normalized spacial score (nSPS) is 13.9. The molecule has 1 aliphatic heterocycles. The number of hydrazone groups is 1. The molecule has 1 aromatic heterocycles. The molecule has 0 aliphatic carbocycles. The predicted octanol–water partition coefficient (Wildman–Crippen LogP) is 2.69. The van der Waals surface area contributed by atoms with Gasteiger partial charge in [-0.05, 0) is 43.2 Å². The number of amides is 4. The minimum atomic E-state index is -0.886. The van der Waals surface area contributed by atoms with E-state index in [1.807, 2.05) is 0 Å². The summed E-state index contributed by atoms with van der Waals surface area (Å²) in [5, 5.41) is 9.14. The van der Waals surface area contributed by atoms with E-state index in [-0.39, 0.29) is 17.3 Å². The van der Waals surface area contributed by atoms with Crippen molar-refractivity contribution in [2.24, 2.45) is 5.10 Å². The first kappa shape index (κ1) is 25.3. The van der Waals surface area contributed by atoms with Crippen LogP contribution < -0.4 is 16.1 Å². The lowest BCUT2D eigenvalue weighted by Gasteiger charge is -2.18. The Bertz CT molecular complexity index is 1090. The Morgan fingerprint density at radius 3 is 2.38 bits per heavy atom. The van der Waals surface area contributed by atoms with Crippen LogP contribution in [0.1, 0.15) is 37.2 Å². The number of benzene rings is 1. The highest BCUT2D eigenvalue weighted by atomic mass is 35.5. The fourth-order valence-electron chi connectivity index (χ4n) is 3.19. The number of hydrogen-bond donors (Lipinski definition) is 3. The van der Waals surface area contributed by atoms with Crippen molar-refractivity contribution in [2.75, 3.05) is 18.4 Å². The molecule has 3 N–H and O–H groups in total. The molecule has 12 heteroatoms. The number of likely N-dealkylation sites (tertiary alicyclic amines) is 1. The minimum absolute atomic E-state index is 0.0543. The van der Waals surface area contributed by atoms with Crippen molar-refractivity contribution in [2.45, 2.75) is 32.2 Å². The van der Waals surface area contributed by atoms with Crippen LogP contribution in [0.4, 0.5) is 5.69 Å². The van der Waals surface area contributed by atoms with Crippen LogP contribution in [0.5, 0.6) is 0 Å². The maximum absolute atomic E-state index is 12.2. The molecule has 0 spiro atoms. The van der Waals surface area contributed by atoms with Crippen LogP contribution in [0.3, 0.4) is 0 Å². The van der Waals surface area contributed by atoms with Crippen LogP contribution in [0.2, 0.25) is 10.0 Å². The summed E-state index contributed by atoms with van der Waals surface area (Å²) in [4.78, 5) is 49.7. The first-order valence-electron chi connectivity index (χ1n) is 10.6. The number of anilines is 1. The molecular formula is C22H23Cl2N5O5. The molecule has 180 valence electrons. The van der Waals surface area contributed by atoms with Gasteiger partial charge < -0.3 is 20.0 Å². The number of nitrogens with zero attached hydrogens (tertiary/aromatic N) is 2. The molecule has 4 amide bonds. The Hall–Kier alpha value is -3.37. The minimum Gasteiger partial charge on any atom is -0.458 e. The molecule has 0 unspecified atom stereocenters. The molecule has 2 heterocycles. The van der Waals surface area contributed by atoms with Crippen molar-refractivity contribution in [3.05, 3.63) is 51.9 Å². The van der Waals surface area contributed by atoms with Crippen molar-refractivity contribution in [1.29, 1.82) is 0 Å². The fraction of sp³-hybridized carbons (Fsp3) is 0.318. The Kier molecular flexibility index (Phi) is 9.06. The third-order valence-corrected chi connectivity index (χ3v) is 5.67. The van der Waals surface area contributed by atoms with Crippen molar-refractivity contribution in [1.82, 2.24) is 15.6 Å². The number of nitrogens with one attached hydrogen (secondary N) is 3. The highest BCUT2D eigenvalue weighted by Crippen LogP contribution is 2.24. The van der Waals surface area contributed by atoms with Gasteiger partial charge in [0, 0.05) is 18.8 Å². The summed E-state index contributed by atoms with van der Waals surface area (Å²) in [5.74, 6) is -2.55. The summed E-state index contributed by atoms with van der Waals surface area (Å²) < 4.78 is 5.46. The van der Waals surface area contributed by atoms with E-state index in [1.165, 1.54) is 29.3 Å². The van der Waals surface area contributed by atoms with Crippen molar-refractivity contribution >= 4 is 58.7 Å². The summed E-state index contributed by atoms with van der Waals surface area (Å²) in [7, 11) is 0. The molecule has 1 aromatic carbocycles. The molecule has 2 aromatic rings. The molecule has 1 fully saturated rings. The van der Waals surface area contributed by atoms with Gasteiger partial charge >= 0.3 is 23.6 Å². The second kappa shape index (κ2) is 12.2. The van der Waals surface area contributed by atoms with E-state index >= 15 is 0 Å². The van der Waals surface area contributed by atoms with Gasteiger partial charge in [-0.3, -0.25) is 19.2 Å². The van der Waals surface area contributed by atoms with E-state index in [2.05, 4.69) is 21.2 Å². The van der Waals surface area contributed by atoms with Crippen molar-refractivity contribution in [3.63, 3.8) is 0 Å². The topological polar surface area (TPSA) is 133 Å². The zero-order valence-corrected chi connectivity index (χ0v) is 19.6. The third-order valence-electron chi connectivity index (χ3n) is 4.93. The summed E-state index contributed by atoms with van der Waals surface area (Å²) in [6.45, 7) is 1.07. The first-order valence-corrected chi connectivity index (χ1v) is 11.3. The number of hydrogen-bond acceptors (Lipinski definition) is 6. The van der Waals surface area contributed by atoms with E-state index < -0.39 is 23.6 Å². The Balaban J connectivity index is 1.43. The van der Waals surface area contributed by atoms with Gasteiger partial charge in [0.05, 0.1) is 22.8 Å². The van der Waals surface area contributed by atoms with Crippen LogP contribution >= 0.6 is 23.2 Å². The number of carbonyl (C=O) groups is 4. The van der Waals surface area contributed by atoms with Crippen LogP contribution in [0.15, 0.2) is 39.9 Å². The van der Waals surface area contributed by atoms with Gasteiger partial charge in [-0.2, -0.15) is 5.10 Å². The average Bonchev–Trinajstić information content (AvgIpc) is 3.09. The summed E-state index contributed by atoms with van der Waals surface area (Å²) in [6.07, 6.45) is 5.09. The fourth-order valence-corrected chi connectivity index (χ4v) is 3.49. The van der Waals surface area contributed by atoms with E-state index in [0.29, 0.717) is 29.6 Å². The Morgan fingerprint density at radius 1 is 0.941 bits per heavy atom. The van der Waals surface area contributed by atoms with Crippen LogP contribution in [0, 0.1) is 0 Å². The predicted molar refractivity (Wildman–Crippen MR) is 126 cm³/mol. The van der Waals surface area contributed by atoms with Gasteiger partial charge in [0.15, 0.2) is 0 Å². The highest BCUT2D eigenvalue weighted by Gasteiger charge is 2.22. The molecule has 10 nitrogen and oxygen atoms in total. The Morgan fingerprint density at radius 2 is 1.68 bits per heavy atom. The number of furan rings is 1. The first-order chi connectivity index (χ1) is 16.3. The zero-order chi connectivity index (χ0) is 24.5. The maximum atomic E-state index is 12.2. The second-order valence-corrected chi connectivity index (χ2v) is 8.29. The molecule has 3 rings (SSSR count). The van der Waals surface area contributed by atoms with Gasteiger partial charge in [0.1, 0.15) is 11.5 Å². The van der Waals surface area contributed by atoms with E-state index in [1.54, 1.807) is 12.1 Å². The van der Waals surface area contributed by atoms with Crippen LogP contribution in [-0.4, -0.2) is 47.8 Å². The zero-order valence-electron chi connectivity index (χ0n) is 18.1. The largest absolute Gasteiger partial charge is 0.458 e. The van der Waals surface area contributed by atoms with Gasteiger partial charge in [-0.15, -0.1) is 0 Å². The number of carbonyl (C=O) groups excluding carboxylic acids is 4. The van der Waals surface area contributed by atoms with Gasteiger partial charge in [0.25, 0.3) is 0 Å². The highest BCUT2D eigenvalue weighted by molar-refractivity contribution is 6.43. The van der Waals surface area contributed by atoms with Crippen molar-refractivity contribution in [3.8, 4) is 0 Å².